The summed E-state index contributed by atoms with van der Waals surface area (Å²) in [5.74, 6) is 2.20. The smallest absolute Gasteiger partial charge is 0.222 e. The Morgan fingerprint density at radius 2 is 1.77 bits per heavy atom. The van der Waals surface area contributed by atoms with Crippen LogP contribution in [0.25, 0.3) is 0 Å². The molecule has 0 aromatic heterocycles. The first-order chi connectivity index (χ1) is 13.6. The lowest BCUT2D eigenvalue weighted by molar-refractivity contribution is -0.134. The van der Waals surface area contributed by atoms with Gasteiger partial charge in [0.25, 0.3) is 0 Å². The van der Waals surface area contributed by atoms with Crippen LogP contribution in [0.1, 0.15) is 26.2 Å². The third kappa shape index (κ3) is 8.60. The fraction of sp³-hybridized carbons (Fsp3) is 0.682. The molecule has 2 fully saturated rings. The van der Waals surface area contributed by atoms with Crippen LogP contribution in [0.15, 0.2) is 30.3 Å². The first-order valence-corrected chi connectivity index (χ1v) is 10.7. The zero-order chi connectivity index (χ0) is 19.8. The normalized spacial score (nSPS) is 19.9. The zero-order valence-electron chi connectivity index (χ0n) is 17.9. The summed E-state index contributed by atoms with van der Waals surface area (Å²) in [5, 5.41) is 13.6. The number of carbonyl (C=O) groups excluding carboxylic acids is 1. The highest BCUT2D eigenvalue weighted by Crippen LogP contribution is 2.25. The molecule has 2 atom stereocenters. The first-order valence-electron chi connectivity index (χ1n) is 10.7. The number of hydrogen-bond donors (Lipinski definition) is 2. The summed E-state index contributed by atoms with van der Waals surface area (Å²) in [6.07, 6.45) is 2.51. The SMILES string of the molecule is CC(CC(=O)N1CCN(CC(O)COc2ccccc2)CC1)C1CCNCC1.Cl.Cl. The van der Waals surface area contributed by atoms with Crippen molar-refractivity contribution in [3.05, 3.63) is 30.3 Å². The number of carbonyl (C=O) groups is 1. The van der Waals surface area contributed by atoms with Gasteiger partial charge >= 0.3 is 0 Å². The lowest BCUT2D eigenvalue weighted by Gasteiger charge is -2.36. The van der Waals surface area contributed by atoms with Gasteiger partial charge in [-0.15, -0.1) is 24.8 Å². The maximum absolute atomic E-state index is 12.7. The van der Waals surface area contributed by atoms with Crippen LogP contribution in [0, 0.1) is 11.8 Å². The molecule has 30 heavy (non-hydrogen) atoms. The van der Waals surface area contributed by atoms with Crippen molar-refractivity contribution in [3.63, 3.8) is 0 Å². The van der Waals surface area contributed by atoms with E-state index in [0.717, 1.165) is 45.0 Å². The van der Waals surface area contributed by atoms with Gasteiger partial charge in [0.1, 0.15) is 18.5 Å². The maximum Gasteiger partial charge on any atom is 0.222 e. The number of β-amino-alcohol motifs (C(OH)–C–C–N with tert-alkyl or cyclic N) is 1. The number of para-hydroxylation sites is 1. The monoisotopic (exact) mass is 461 g/mol. The molecule has 2 aliphatic heterocycles. The minimum absolute atomic E-state index is 0. The van der Waals surface area contributed by atoms with Crippen molar-refractivity contribution in [1.82, 2.24) is 15.1 Å². The van der Waals surface area contributed by atoms with Gasteiger partial charge in [0.2, 0.25) is 5.91 Å². The molecule has 1 aromatic carbocycles. The molecule has 0 saturated carbocycles. The van der Waals surface area contributed by atoms with Gasteiger partial charge in [0.05, 0.1) is 0 Å². The Morgan fingerprint density at radius 1 is 1.13 bits per heavy atom. The first kappa shape index (κ1) is 27.0. The molecule has 1 amide bonds. The van der Waals surface area contributed by atoms with Gasteiger partial charge in [0, 0.05) is 39.1 Å². The highest BCUT2D eigenvalue weighted by atomic mass is 35.5. The van der Waals surface area contributed by atoms with E-state index in [0.29, 0.717) is 30.7 Å². The minimum atomic E-state index is -0.526. The number of rotatable bonds is 8. The van der Waals surface area contributed by atoms with E-state index in [-0.39, 0.29) is 31.4 Å². The van der Waals surface area contributed by atoms with E-state index in [1.165, 1.54) is 12.8 Å². The van der Waals surface area contributed by atoms with Crippen molar-refractivity contribution in [2.75, 3.05) is 52.4 Å². The fourth-order valence-corrected chi connectivity index (χ4v) is 4.22. The molecule has 0 spiro atoms. The lowest BCUT2D eigenvalue weighted by Crippen LogP contribution is -2.51. The second kappa shape index (κ2) is 14.1. The van der Waals surface area contributed by atoms with E-state index in [1.54, 1.807) is 0 Å². The number of ether oxygens (including phenoxy) is 1. The second-order valence-corrected chi connectivity index (χ2v) is 8.23. The van der Waals surface area contributed by atoms with Crippen LogP contribution < -0.4 is 10.1 Å². The number of nitrogens with one attached hydrogen (secondary N) is 1. The van der Waals surface area contributed by atoms with Crippen molar-refractivity contribution in [3.8, 4) is 5.75 Å². The van der Waals surface area contributed by atoms with E-state index < -0.39 is 6.10 Å². The molecule has 2 unspecified atom stereocenters. The van der Waals surface area contributed by atoms with E-state index >= 15 is 0 Å². The average molecular weight is 462 g/mol. The van der Waals surface area contributed by atoms with Gasteiger partial charge in [-0.3, -0.25) is 9.69 Å². The number of piperazine rings is 1. The van der Waals surface area contributed by atoms with Crippen LogP contribution in [-0.4, -0.2) is 79.3 Å². The van der Waals surface area contributed by atoms with Gasteiger partial charge in [0.15, 0.2) is 0 Å². The Bertz CT molecular complexity index is 595. The molecular weight excluding hydrogens is 425 g/mol. The molecule has 3 rings (SSSR count). The summed E-state index contributed by atoms with van der Waals surface area (Å²) in [6.45, 7) is 8.40. The lowest BCUT2D eigenvalue weighted by atomic mass is 9.84. The third-order valence-electron chi connectivity index (χ3n) is 6.06. The number of benzene rings is 1. The largest absolute Gasteiger partial charge is 0.491 e. The Balaban J connectivity index is 0.00000225. The molecule has 2 aliphatic rings. The quantitative estimate of drug-likeness (QED) is 0.622. The van der Waals surface area contributed by atoms with Crippen LogP contribution in [0.3, 0.4) is 0 Å². The van der Waals surface area contributed by atoms with E-state index in [2.05, 4.69) is 17.1 Å². The highest BCUT2D eigenvalue weighted by Gasteiger charge is 2.27. The Hall–Kier alpha value is -1.05. The van der Waals surface area contributed by atoms with Crippen molar-refractivity contribution in [2.24, 2.45) is 11.8 Å². The molecular formula is C22H37Cl2N3O3. The Morgan fingerprint density at radius 3 is 2.40 bits per heavy atom. The highest BCUT2D eigenvalue weighted by molar-refractivity contribution is 5.85. The van der Waals surface area contributed by atoms with Gasteiger partial charge in [-0.2, -0.15) is 0 Å². The maximum atomic E-state index is 12.7. The van der Waals surface area contributed by atoms with Crippen molar-refractivity contribution < 1.29 is 14.6 Å². The summed E-state index contributed by atoms with van der Waals surface area (Å²) >= 11 is 0. The van der Waals surface area contributed by atoms with Crippen LogP contribution in [0.5, 0.6) is 5.75 Å². The standard InChI is InChI=1S/C22H35N3O3.2ClH/c1-18(19-7-9-23-10-8-19)15-22(27)25-13-11-24(12-14-25)16-20(26)17-28-21-5-3-2-4-6-21;;/h2-6,18-20,23,26H,7-17H2,1H3;2*1H. The molecule has 2 heterocycles. The van der Waals surface area contributed by atoms with E-state index in [1.807, 2.05) is 35.2 Å². The van der Waals surface area contributed by atoms with Crippen molar-refractivity contribution in [2.45, 2.75) is 32.3 Å². The predicted octanol–water partition coefficient (Wildman–Crippen LogP) is 2.44. The Kier molecular flexibility index (Phi) is 12.7. The number of aliphatic hydroxyl groups is 1. The molecule has 172 valence electrons. The molecule has 2 saturated heterocycles. The number of aliphatic hydroxyl groups excluding tert-OH is 1. The molecule has 0 radical (unpaired) electrons. The van der Waals surface area contributed by atoms with E-state index in [4.69, 9.17) is 4.74 Å². The number of piperidine rings is 1. The minimum Gasteiger partial charge on any atom is -0.491 e. The topological polar surface area (TPSA) is 65.0 Å². The predicted molar refractivity (Wildman–Crippen MR) is 125 cm³/mol. The van der Waals surface area contributed by atoms with Gasteiger partial charge in [-0.25, -0.2) is 0 Å². The molecule has 0 bridgehead atoms. The van der Waals surface area contributed by atoms with Crippen LogP contribution >= 0.6 is 24.8 Å². The summed E-state index contributed by atoms with van der Waals surface area (Å²) in [4.78, 5) is 16.9. The third-order valence-corrected chi connectivity index (χ3v) is 6.06. The number of nitrogens with zero attached hydrogens (tertiary/aromatic N) is 2. The van der Waals surface area contributed by atoms with Gasteiger partial charge in [-0.05, 0) is 49.9 Å². The van der Waals surface area contributed by atoms with Gasteiger partial charge < -0.3 is 20.1 Å². The van der Waals surface area contributed by atoms with Crippen LogP contribution in [0.2, 0.25) is 0 Å². The second-order valence-electron chi connectivity index (χ2n) is 8.23. The van der Waals surface area contributed by atoms with E-state index in [9.17, 15) is 9.90 Å². The zero-order valence-corrected chi connectivity index (χ0v) is 19.5. The van der Waals surface area contributed by atoms with Crippen molar-refractivity contribution >= 4 is 30.7 Å². The molecule has 6 nitrogen and oxygen atoms in total. The van der Waals surface area contributed by atoms with Crippen LogP contribution in [-0.2, 0) is 4.79 Å². The van der Waals surface area contributed by atoms with Crippen molar-refractivity contribution in [1.29, 1.82) is 0 Å². The molecule has 2 N–H and O–H groups in total. The summed E-state index contributed by atoms with van der Waals surface area (Å²) < 4.78 is 5.62. The average Bonchev–Trinajstić information content (AvgIpc) is 2.74. The molecule has 0 aliphatic carbocycles. The number of halogens is 2. The summed E-state index contributed by atoms with van der Waals surface area (Å²) in [7, 11) is 0. The van der Waals surface area contributed by atoms with Crippen LogP contribution in [0.4, 0.5) is 0 Å². The Labute approximate surface area is 193 Å². The summed E-state index contributed by atoms with van der Waals surface area (Å²) in [5.41, 5.74) is 0. The number of hydrogen-bond acceptors (Lipinski definition) is 5. The molecule has 8 heteroatoms. The summed E-state index contributed by atoms with van der Waals surface area (Å²) in [6, 6.07) is 9.56. The molecule has 1 aromatic rings. The van der Waals surface area contributed by atoms with Gasteiger partial charge in [-0.1, -0.05) is 25.1 Å². The fourth-order valence-electron chi connectivity index (χ4n) is 4.22. The number of amides is 1.